The van der Waals surface area contributed by atoms with Crippen LogP contribution in [0.5, 0.6) is 0 Å². The van der Waals surface area contributed by atoms with E-state index in [2.05, 4.69) is 30.9 Å². The summed E-state index contributed by atoms with van der Waals surface area (Å²) in [5.74, 6) is -0.495. The van der Waals surface area contributed by atoms with Gasteiger partial charge in [-0.25, -0.2) is 4.79 Å². The van der Waals surface area contributed by atoms with E-state index in [1.807, 2.05) is 0 Å². The number of carboxylic acid groups (broad SMARTS) is 1. The van der Waals surface area contributed by atoms with Gasteiger partial charge in [-0.2, -0.15) is 4.98 Å². The van der Waals surface area contributed by atoms with Crippen molar-refractivity contribution in [3.8, 4) is 11.4 Å². The van der Waals surface area contributed by atoms with Gasteiger partial charge in [0.15, 0.2) is 0 Å². The first-order valence-corrected chi connectivity index (χ1v) is 8.01. The Morgan fingerprint density at radius 2 is 2.00 bits per heavy atom. The Hall–Kier alpha value is -2.70. The molecule has 0 bridgehead atoms. The molecule has 0 saturated heterocycles. The summed E-state index contributed by atoms with van der Waals surface area (Å²) in [6.45, 7) is 7.70. The van der Waals surface area contributed by atoms with E-state index in [0.717, 1.165) is 0 Å². The highest BCUT2D eigenvalue weighted by Crippen LogP contribution is 2.23. The molecule has 1 heterocycles. The Morgan fingerprint density at radius 1 is 1.32 bits per heavy atom. The number of rotatable bonds is 5. The van der Waals surface area contributed by atoms with Crippen LogP contribution in [-0.2, 0) is 11.2 Å². The van der Waals surface area contributed by atoms with Crippen molar-refractivity contribution in [3.05, 3.63) is 35.7 Å². The first-order valence-electron chi connectivity index (χ1n) is 8.01. The molecule has 1 aromatic heterocycles. The summed E-state index contributed by atoms with van der Waals surface area (Å²) < 4.78 is 5.28. The lowest BCUT2D eigenvalue weighted by atomic mass is 9.92. The van der Waals surface area contributed by atoms with Crippen LogP contribution in [0.2, 0.25) is 0 Å². The number of carboxylic acids is 1. The molecule has 0 aliphatic carbocycles. The maximum Gasteiger partial charge on any atom is 0.326 e. The average molecular weight is 345 g/mol. The zero-order valence-corrected chi connectivity index (χ0v) is 15.1. The molecular weight excluding hydrogens is 322 g/mol. The van der Waals surface area contributed by atoms with Crippen molar-refractivity contribution in [1.29, 1.82) is 0 Å². The summed E-state index contributed by atoms with van der Waals surface area (Å²) in [5.41, 5.74) is 1.04. The molecule has 7 nitrogen and oxygen atoms in total. The van der Waals surface area contributed by atoms with Crippen LogP contribution >= 0.6 is 0 Å². The smallest absolute Gasteiger partial charge is 0.326 e. The Labute approximate surface area is 146 Å². The van der Waals surface area contributed by atoms with E-state index in [1.54, 1.807) is 24.3 Å². The molecule has 0 fully saturated rings. The molecule has 134 valence electrons. The third-order valence-corrected chi connectivity index (χ3v) is 3.78. The monoisotopic (exact) mass is 345 g/mol. The summed E-state index contributed by atoms with van der Waals surface area (Å²) in [4.78, 5) is 29.1. The molecule has 2 aromatic rings. The number of likely N-dealkylation sites (N-methyl/N-ethyl adjacent to an activating group) is 1. The van der Waals surface area contributed by atoms with Crippen molar-refractivity contribution in [2.45, 2.75) is 40.2 Å². The number of amides is 1. The van der Waals surface area contributed by atoms with Gasteiger partial charge in [0.2, 0.25) is 11.7 Å². The van der Waals surface area contributed by atoms with Crippen LogP contribution in [0.25, 0.3) is 11.4 Å². The number of carbonyl (C=O) groups is 2. The molecule has 1 aromatic carbocycles. The molecule has 1 atom stereocenters. The van der Waals surface area contributed by atoms with E-state index in [1.165, 1.54) is 18.9 Å². The molecule has 0 radical (unpaired) electrons. The molecule has 2 rings (SSSR count). The minimum Gasteiger partial charge on any atom is -0.480 e. The van der Waals surface area contributed by atoms with Gasteiger partial charge in [-0.1, -0.05) is 38.1 Å². The van der Waals surface area contributed by atoms with Crippen LogP contribution in [0.15, 0.2) is 28.8 Å². The zero-order valence-electron chi connectivity index (χ0n) is 15.1. The first kappa shape index (κ1) is 18.6. The maximum absolute atomic E-state index is 12.5. The third-order valence-electron chi connectivity index (χ3n) is 3.78. The fourth-order valence-corrected chi connectivity index (χ4v) is 2.23. The SMILES string of the molecule is CC(C(=O)O)N(C)C(=O)c1cccc(-c2noc(CC(C)(C)C)n2)c1. The third kappa shape index (κ3) is 4.65. The van der Waals surface area contributed by atoms with Gasteiger partial charge < -0.3 is 14.5 Å². The molecular formula is C18H23N3O4. The molecule has 25 heavy (non-hydrogen) atoms. The Balaban J connectivity index is 2.24. The number of aliphatic carboxylic acids is 1. The Kier molecular flexibility index (Phi) is 5.25. The topological polar surface area (TPSA) is 96.5 Å². The summed E-state index contributed by atoms with van der Waals surface area (Å²) in [7, 11) is 1.46. The van der Waals surface area contributed by atoms with Gasteiger partial charge in [0.05, 0.1) is 0 Å². The lowest BCUT2D eigenvalue weighted by molar-refractivity contribution is -0.141. The normalized spacial score (nSPS) is 12.7. The lowest BCUT2D eigenvalue weighted by Crippen LogP contribution is -2.40. The largest absolute Gasteiger partial charge is 0.480 e. The average Bonchev–Trinajstić information content (AvgIpc) is 2.99. The second-order valence-electron chi connectivity index (χ2n) is 7.26. The van der Waals surface area contributed by atoms with Crippen molar-refractivity contribution in [2.75, 3.05) is 7.05 Å². The second kappa shape index (κ2) is 7.04. The number of benzene rings is 1. The molecule has 7 heteroatoms. The first-order chi connectivity index (χ1) is 11.6. The molecule has 0 aliphatic rings. The quantitative estimate of drug-likeness (QED) is 0.895. The highest BCUT2D eigenvalue weighted by Gasteiger charge is 2.23. The molecule has 1 amide bonds. The molecule has 0 spiro atoms. The van der Waals surface area contributed by atoms with Gasteiger partial charge in [-0.05, 0) is 24.5 Å². The zero-order chi connectivity index (χ0) is 18.8. The molecule has 0 aliphatic heterocycles. The maximum atomic E-state index is 12.5. The van der Waals surface area contributed by atoms with E-state index in [-0.39, 0.29) is 11.3 Å². The van der Waals surface area contributed by atoms with Crippen LogP contribution in [-0.4, -0.2) is 45.1 Å². The van der Waals surface area contributed by atoms with Gasteiger partial charge in [0.1, 0.15) is 6.04 Å². The van der Waals surface area contributed by atoms with Crippen LogP contribution < -0.4 is 0 Å². The van der Waals surface area contributed by atoms with Gasteiger partial charge in [-0.15, -0.1) is 0 Å². The van der Waals surface area contributed by atoms with Crippen LogP contribution in [0.3, 0.4) is 0 Å². The number of hydrogen-bond donors (Lipinski definition) is 1. The van der Waals surface area contributed by atoms with Crippen molar-refractivity contribution >= 4 is 11.9 Å². The van der Waals surface area contributed by atoms with E-state index in [9.17, 15) is 9.59 Å². The van der Waals surface area contributed by atoms with E-state index < -0.39 is 12.0 Å². The Morgan fingerprint density at radius 3 is 2.60 bits per heavy atom. The molecule has 0 saturated carbocycles. The van der Waals surface area contributed by atoms with Crippen LogP contribution in [0.4, 0.5) is 0 Å². The van der Waals surface area contributed by atoms with Crippen molar-refractivity contribution < 1.29 is 19.2 Å². The summed E-state index contributed by atoms with van der Waals surface area (Å²) in [6.07, 6.45) is 0.650. The van der Waals surface area contributed by atoms with Crippen LogP contribution in [0, 0.1) is 5.41 Å². The van der Waals surface area contributed by atoms with Gasteiger partial charge >= 0.3 is 5.97 Å². The Bertz CT molecular complexity index is 777. The minimum atomic E-state index is -1.06. The summed E-state index contributed by atoms with van der Waals surface area (Å²) >= 11 is 0. The molecule has 1 unspecified atom stereocenters. The predicted molar refractivity (Wildman–Crippen MR) is 92.1 cm³/mol. The number of nitrogens with zero attached hydrogens (tertiary/aromatic N) is 3. The van der Waals surface area contributed by atoms with Crippen molar-refractivity contribution in [2.24, 2.45) is 5.41 Å². The molecule has 1 N–H and O–H groups in total. The highest BCUT2D eigenvalue weighted by molar-refractivity contribution is 5.97. The van der Waals surface area contributed by atoms with E-state index in [0.29, 0.717) is 29.3 Å². The lowest BCUT2D eigenvalue weighted by Gasteiger charge is -2.21. The van der Waals surface area contributed by atoms with E-state index >= 15 is 0 Å². The van der Waals surface area contributed by atoms with Gasteiger partial charge in [-0.3, -0.25) is 4.79 Å². The highest BCUT2D eigenvalue weighted by atomic mass is 16.5. The standard InChI is InChI=1S/C18H23N3O4/c1-11(17(23)24)21(5)16(22)13-8-6-7-12(9-13)15-19-14(25-20-15)10-18(2,3)4/h6-9,11H,10H2,1-5H3,(H,23,24). The second-order valence-corrected chi connectivity index (χ2v) is 7.26. The summed E-state index contributed by atoms with van der Waals surface area (Å²) in [5, 5.41) is 13.0. The predicted octanol–water partition coefficient (Wildman–Crippen LogP) is 2.87. The summed E-state index contributed by atoms with van der Waals surface area (Å²) in [6, 6.07) is 5.84. The van der Waals surface area contributed by atoms with Gasteiger partial charge in [0.25, 0.3) is 5.91 Å². The number of carbonyl (C=O) groups excluding carboxylic acids is 1. The van der Waals surface area contributed by atoms with Crippen molar-refractivity contribution in [3.63, 3.8) is 0 Å². The fourth-order valence-electron chi connectivity index (χ4n) is 2.23. The fraction of sp³-hybridized carbons (Fsp3) is 0.444. The minimum absolute atomic E-state index is 0.0251. The number of hydrogen-bond acceptors (Lipinski definition) is 5. The van der Waals surface area contributed by atoms with Crippen molar-refractivity contribution in [1.82, 2.24) is 15.0 Å². The van der Waals surface area contributed by atoms with E-state index in [4.69, 9.17) is 9.63 Å². The number of aromatic nitrogens is 2. The van der Waals surface area contributed by atoms with Gasteiger partial charge in [0, 0.05) is 24.6 Å². The van der Waals surface area contributed by atoms with Crippen LogP contribution in [0.1, 0.15) is 43.9 Å².